The normalized spacial score (nSPS) is 27.1. The molecule has 3 unspecified atom stereocenters. The summed E-state index contributed by atoms with van der Waals surface area (Å²) in [7, 11) is 0. The van der Waals surface area contributed by atoms with Crippen molar-refractivity contribution in [1.29, 1.82) is 0 Å². The molecule has 1 saturated carbocycles. The summed E-state index contributed by atoms with van der Waals surface area (Å²) >= 11 is 0. The van der Waals surface area contributed by atoms with Crippen LogP contribution in [-0.2, 0) is 14.3 Å². The topological polar surface area (TPSA) is 64.6 Å². The van der Waals surface area contributed by atoms with Gasteiger partial charge in [-0.1, -0.05) is 18.7 Å². The van der Waals surface area contributed by atoms with E-state index in [9.17, 15) is 9.59 Å². The predicted molar refractivity (Wildman–Crippen MR) is 69.1 cm³/mol. The molecule has 0 radical (unpaired) electrons. The van der Waals surface area contributed by atoms with E-state index in [1.54, 1.807) is 6.92 Å². The average Bonchev–Trinajstić information content (AvgIpc) is 2.98. The van der Waals surface area contributed by atoms with Crippen LogP contribution >= 0.6 is 0 Å². The first-order chi connectivity index (χ1) is 9.06. The molecule has 19 heavy (non-hydrogen) atoms. The molecule has 5 nitrogen and oxygen atoms in total. The number of allylic oxidation sites excluding steroid dienone is 2. The van der Waals surface area contributed by atoms with E-state index in [4.69, 9.17) is 9.47 Å². The zero-order chi connectivity index (χ0) is 13.8. The minimum absolute atomic E-state index is 0.193. The zero-order valence-electron chi connectivity index (χ0n) is 11.1. The highest BCUT2D eigenvalue weighted by atomic mass is 16.6. The maximum atomic E-state index is 11.4. The van der Waals surface area contributed by atoms with Crippen LogP contribution in [0, 0.1) is 17.8 Å². The Labute approximate surface area is 112 Å². The Balaban J connectivity index is 1.59. The lowest BCUT2D eigenvalue weighted by atomic mass is 9.95. The van der Waals surface area contributed by atoms with Crippen molar-refractivity contribution >= 4 is 12.1 Å². The number of alkyl carbamates (subject to hydrolysis) is 1. The number of fused-ring (bicyclic) bond motifs is 2. The van der Waals surface area contributed by atoms with E-state index in [0.717, 1.165) is 6.42 Å². The molecule has 1 N–H and O–H groups in total. The van der Waals surface area contributed by atoms with Gasteiger partial charge in [-0.25, -0.2) is 9.59 Å². The Hall–Kier alpha value is -1.78. The number of ether oxygens (including phenoxy) is 2. The van der Waals surface area contributed by atoms with Gasteiger partial charge in [-0.2, -0.15) is 0 Å². The molecule has 0 heterocycles. The maximum absolute atomic E-state index is 11.4. The third-order valence-electron chi connectivity index (χ3n) is 3.61. The minimum Gasteiger partial charge on any atom is -0.449 e. The van der Waals surface area contributed by atoms with Gasteiger partial charge < -0.3 is 9.47 Å². The van der Waals surface area contributed by atoms with Crippen LogP contribution < -0.4 is 5.32 Å². The minimum atomic E-state index is -0.554. The largest absolute Gasteiger partial charge is 0.449 e. The summed E-state index contributed by atoms with van der Waals surface area (Å²) in [6.45, 7) is 5.21. The molecule has 0 aromatic rings. The highest BCUT2D eigenvalue weighted by Crippen LogP contribution is 2.43. The molecule has 1 fully saturated rings. The molecule has 2 bridgehead atoms. The SMILES string of the molecule is C=C(C)C(=O)OCNC(=O)OCC1CC2C=CC1C2. The van der Waals surface area contributed by atoms with Crippen LogP contribution in [-0.4, -0.2) is 25.4 Å². The van der Waals surface area contributed by atoms with Crippen molar-refractivity contribution in [1.82, 2.24) is 5.32 Å². The first-order valence-electron chi connectivity index (χ1n) is 6.48. The first kappa shape index (κ1) is 13.6. The Morgan fingerprint density at radius 1 is 1.32 bits per heavy atom. The van der Waals surface area contributed by atoms with Gasteiger partial charge in [-0.05, 0) is 31.6 Å². The van der Waals surface area contributed by atoms with Gasteiger partial charge in [0.2, 0.25) is 0 Å². The highest BCUT2D eigenvalue weighted by Gasteiger charge is 2.36. The second kappa shape index (κ2) is 5.91. The second-order valence-electron chi connectivity index (χ2n) is 5.17. The van der Waals surface area contributed by atoms with Crippen molar-refractivity contribution in [2.45, 2.75) is 19.8 Å². The lowest BCUT2D eigenvalue weighted by Crippen LogP contribution is -2.30. The summed E-state index contributed by atoms with van der Waals surface area (Å²) in [6, 6.07) is 0. The van der Waals surface area contributed by atoms with E-state index in [1.165, 1.54) is 6.42 Å². The van der Waals surface area contributed by atoms with Crippen molar-refractivity contribution in [3.05, 3.63) is 24.3 Å². The molecule has 2 aliphatic rings. The van der Waals surface area contributed by atoms with Gasteiger partial charge in [0.25, 0.3) is 0 Å². The van der Waals surface area contributed by atoms with Crippen LogP contribution in [0.1, 0.15) is 19.8 Å². The van der Waals surface area contributed by atoms with E-state index in [0.29, 0.717) is 29.9 Å². The van der Waals surface area contributed by atoms with Gasteiger partial charge in [0.15, 0.2) is 6.73 Å². The molecule has 1 amide bonds. The number of esters is 1. The standard InChI is InChI=1S/C14H19NO4/c1-9(2)13(16)19-8-15-14(17)18-7-12-6-10-3-4-11(12)5-10/h3-4,10-12H,1,5-8H2,2H3,(H,15,17). The number of carbonyl (C=O) groups is 2. The summed E-state index contributed by atoms with van der Waals surface area (Å²) in [5.74, 6) is 1.12. The summed E-state index contributed by atoms with van der Waals surface area (Å²) in [4.78, 5) is 22.4. The average molecular weight is 265 g/mol. The molecule has 0 aromatic heterocycles. The molecule has 0 aromatic carbocycles. The van der Waals surface area contributed by atoms with Gasteiger partial charge in [0, 0.05) is 11.5 Å². The number of carbonyl (C=O) groups excluding carboxylic acids is 2. The van der Waals surface area contributed by atoms with Crippen LogP contribution in [0.4, 0.5) is 4.79 Å². The van der Waals surface area contributed by atoms with E-state index in [1.807, 2.05) is 0 Å². The smallest absolute Gasteiger partial charge is 0.409 e. The number of nitrogens with one attached hydrogen (secondary N) is 1. The van der Waals surface area contributed by atoms with Gasteiger partial charge >= 0.3 is 12.1 Å². The van der Waals surface area contributed by atoms with Crippen molar-refractivity contribution in [2.75, 3.05) is 13.3 Å². The first-order valence-corrected chi connectivity index (χ1v) is 6.48. The molecule has 2 aliphatic carbocycles. The Morgan fingerprint density at radius 2 is 2.11 bits per heavy atom. The van der Waals surface area contributed by atoms with Crippen LogP contribution in [0.2, 0.25) is 0 Å². The lowest BCUT2D eigenvalue weighted by molar-refractivity contribution is -0.139. The van der Waals surface area contributed by atoms with Crippen LogP contribution in [0.3, 0.4) is 0 Å². The maximum Gasteiger partial charge on any atom is 0.409 e. The predicted octanol–water partition coefficient (Wildman–Crippen LogP) is 2.00. The van der Waals surface area contributed by atoms with Gasteiger partial charge in [-0.3, -0.25) is 5.32 Å². The molecule has 0 saturated heterocycles. The summed E-state index contributed by atoms with van der Waals surface area (Å²) < 4.78 is 9.86. The monoisotopic (exact) mass is 265 g/mol. The Kier molecular flexibility index (Phi) is 4.24. The molecule has 5 heteroatoms. The number of amides is 1. The van der Waals surface area contributed by atoms with E-state index < -0.39 is 12.1 Å². The molecule has 2 rings (SSSR count). The van der Waals surface area contributed by atoms with Gasteiger partial charge in [0.05, 0.1) is 6.61 Å². The lowest BCUT2D eigenvalue weighted by Gasteiger charge is -2.17. The molecular formula is C14H19NO4. The highest BCUT2D eigenvalue weighted by molar-refractivity contribution is 5.87. The fourth-order valence-corrected chi connectivity index (χ4v) is 2.60. The van der Waals surface area contributed by atoms with Crippen molar-refractivity contribution in [2.24, 2.45) is 17.8 Å². The molecule has 3 atom stereocenters. The number of hydrogen-bond acceptors (Lipinski definition) is 4. The van der Waals surface area contributed by atoms with Crippen molar-refractivity contribution in [3.8, 4) is 0 Å². The fraction of sp³-hybridized carbons (Fsp3) is 0.571. The zero-order valence-corrected chi connectivity index (χ0v) is 11.1. The van der Waals surface area contributed by atoms with Gasteiger partial charge in [0.1, 0.15) is 0 Å². The molecular weight excluding hydrogens is 246 g/mol. The van der Waals surface area contributed by atoms with Crippen LogP contribution in [0.25, 0.3) is 0 Å². The number of rotatable bonds is 5. The van der Waals surface area contributed by atoms with Crippen molar-refractivity contribution in [3.63, 3.8) is 0 Å². The van der Waals surface area contributed by atoms with Crippen molar-refractivity contribution < 1.29 is 19.1 Å². The number of hydrogen-bond donors (Lipinski definition) is 1. The third-order valence-corrected chi connectivity index (χ3v) is 3.61. The summed E-state index contributed by atoms with van der Waals surface area (Å²) in [6.07, 6.45) is 6.19. The second-order valence-corrected chi connectivity index (χ2v) is 5.17. The van der Waals surface area contributed by atoms with Crippen LogP contribution in [0.15, 0.2) is 24.3 Å². The van der Waals surface area contributed by atoms with Crippen LogP contribution in [0.5, 0.6) is 0 Å². The quantitative estimate of drug-likeness (QED) is 0.357. The van der Waals surface area contributed by atoms with E-state index in [2.05, 4.69) is 24.0 Å². The van der Waals surface area contributed by atoms with E-state index in [-0.39, 0.29) is 6.73 Å². The summed E-state index contributed by atoms with van der Waals surface area (Å²) in [5, 5.41) is 2.37. The van der Waals surface area contributed by atoms with E-state index >= 15 is 0 Å². The molecule has 0 aliphatic heterocycles. The fourth-order valence-electron chi connectivity index (χ4n) is 2.60. The summed E-state index contributed by atoms with van der Waals surface area (Å²) in [5.41, 5.74) is 0.295. The Morgan fingerprint density at radius 3 is 2.68 bits per heavy atom. The molecule has 104 valence electrons. The van der Waals surface area contributed by atoms with Gasteiger partial charge in [-0.15, -0.1) is 0 Å². The Bertz CT molecular complexity index is 416. The molecule has 0 spiro atoms. The third kappa shape index (κ3) is 3.59.